The number of hydrogen-bond donors (Lipinski definition) is 1. The Morgan fingerprint density at radius 1 is 1.21 bits per heavy atom. The number of thioether (sulfide) groups is 1. The number of carbonyl (C=O) groups excluding carboxylic acids is 1. The lowest BCUT2D eigenvalue weighted by atomic mass is 10.0. The van der Waals surface area contributed by atoms with Gasteiger partial charge in [0.2, 0.25) is 11.8 Å². The number of anilines is 1. The third kappa shape index (κ3) is 5.14. The molecular formula is C21H25N5O2S. The second-order valence-corrected chi connectivity index (χ2v) is 7.69. The van der Waals surface area contributed by atoms with Gasteiger partial charge < -0.3 is 14.6 Å². The molecule has 29 heavy (non-hydrogen) atoms. The number of hydrogen-bond acceptors (Lipinski definition) is 6. The summed E-state index contributed by atoms with van der Waals surface area (Å²) in [5.74, 6) is 1.88. The van der Waals surface area contributed by atoms with Crippen molar-refractivity contribution in [2.24, 2.45) is 0 Å². The third-order valence-electron chi connectivity index (χ3n) is 4.43. The molecule has 3 aromatic rings. The van der Waals surface area contributed by atoms with Gasteiger partial charge in [-0.05, 0) is 36.6 Å². The summed E-state index contributed by atoms with van der Waals surface area (Å²) in [6, 6.07) is 11.6. The third-order valence-corrected chi connectivity index (χ3v) is 5.40. The summed E-state index contributed by atoms with van der Waals surface area (Å²) in [5, 5.41) is 12.2. The Morgan fingerprint density at radius 3 is 2.62 bits per heavy atom. The topological polar surface area (TPSA) is 81.9 Å². The van der Waals surface area contributed by atoms with Crippen molar-refractivity contribution in [2.45, 2.75) is 38.4 Å². The lowest BCUT2D eigenvalue weighted by Gasteiger charge is -2.09. The van der Waals surface area contributed by atoms with Crippen LogP contribution in [-0.2, 0) is 11.3 Å². The zero-order chi connectivity index (χ0) is 20.8. The fourth-order valence-electron chi connectivity index (χ4n) is 2.83. The van der Waals surface area contributed by atoms with Gasteiger partial charge in [0, 0.05) is 30.1 Å². The number of nitrogens with zero attached hydrogens (tertiary/aromatic N) is 4. The SMILES string of the molecule is CCn1c(SCC(=O)Nc2ccc(C(C)C)cc2)nnc1-c1ccnc(OC)c1. The number of carbonyl (C=O) groups is 1. The smallest absolute Gasteiger partial charge is 0.234 e. The van der Waals surface area contributed by atoms with Gasteiger partial charge in [0.1, 0.15) is 0 Å². The molecule has 1 amide bonds. The maximum absolute atomic E-state index is 12.4. The summed E-state index contributed by atoms with van der Waals surface area (Å²) >= 11 is 1.36. The molecule has 0 unspecified atom stereocenters. The Morgan fingerprint density at radius 2 is 1.97 bits per heavy atom. The molecule has 152 valence electrons. The van der Waals surface area contributed by atoms with Gasteiger partial charge >= 0.3 is 0 Å². The number of rotatable bonds is 8. The van der Waals surface area contributed by atoms with Crippen molar-refractivity contribution in [3.63, 3.8) is 0 Å². The summed E-state index contributed by atoms with van der Waals surface area (Å²) in [6.07, 6.45) is 1.67. The van der Waals surface area contributed by atoms with Crippen LogP contribution in [0.3, 0.4) is 0 Å². The van der Waals surface area contributed by atoms with E-state index in [4.69, 9.17) is 4.74 Å². The minimum atomic E-state index is -0.0786. The predicted molar refractivity (Wildman–Crippen MR) is 115 cm³/mol. The lowest BCUT2D eigenvalue weighted by Crippen LogP contribution is -2.14. The molecule has 0 aliphatic heterocycles. The molecule has 0 saturated carbocycles. The second kappa shape index (κ2) is 9.56. The van der Waals surface area contributed by atoms with E-state index in [0.717, 1.165) is 17.1 Å². The molecule has 0 aliphatic rings. The molecule has 0 saturated heterocycles. The maximum atomic E-state index is 12.4. The van der Waals surface area contributed by atoms with Crippen LogP contribution in [0.15, 0.2) is 47.8 Å². The maximum Gasteiger partial charge on any atom is 0.234 e. The fraction of sp³-hybridized carbons (Fsp3) is 0.333. The molecular weight excluding hydrogens is 386 g/mol. The normalized spacial score (nSPS) is 10.9. The highest BCUT2D eigenvalue weighted by Crippen LogP contribution is 2.25. The molecule has 0 radical (unpaired) electrons. The van der Waals surface area contributed by atoms with Crippen LogP contribution >= 0.6 is 11.8 Å². The molecule has 0 aliphatic carbocycles. The Kier molecular flexibility index (Phi) is 6.87. The Hall–Kier alpha value is -2.87. The van der Waals surface area contributed by atoms with Crippen LogP contribution in [0.2, 0.25) is 0 Å². The number of amides is 1. The Labute approximate surface area is 174 Å². The predicted octanol–water partition coefficient (Wildman–Crippen LogP) is 4.22. The molecule has 1 N–H and O–H groups in total. The molecule has 0 atom stereocenters. The first-order chi connectivity index (χ1) is 14.0. The van der Waals surface area contributed by atoms with E-state index in [1.165, 1.54) is 17.3 Å². The van der Waals surface area contributed by atoms with Gasteiger partial charge in [-0.15, -0.1) is 10.2 Å². The van der Waals surface area contributed by atoms with E-state index in [2.05, 4.69) is 34.3 Å². The van der Waals surface area contributed by atoms with Crippen LogP contribution in [0.5, 0.6) is 5.88 Å². The van der Waals surface area contributed by atoms with Gasteiger partial charge in [-0.1, -0.05) is 37.7 Å². The highest BCUT2D eigenvalue weighted by atomic mass is 32.2. The second-order valence-electron chi connectivity index (χ2n) is 6.75. The average molecular weight is 412 g/mol. The molecule has 7 nitrogen and oxygen atoms in total. The standard InChI is InChI=1S/C21H25N5O2S/c1-5-26-20(16-10-11-22-19(12-16)28-4)24-25-21(26)29-13-18(27)23-17-8-6-15(7-9-17)14(2)3/h6-12,14H,5,13H2,1-4H3,(H,23,27). The number of benzene rings is 1. The van der Waals surface area contributed by atoms with E-state index < -0.39 is 0 Å². The number of pyridine rings is 1. The Balaban J connectivity index is 1.66. The summed E-state index contributed by atoms with van der Waals surface area (Å²) in [5.41, 5.74) is 2.91. The van der Waals surface area contributed by atoms with Crippen molar-refractivity contribution in [1.29, 1.82) is 0 Å². The van der Waals surface area contributed by atoms with Crippen molar-refractivity contribution < 1.29 is 9.53 Å². The lowest BCUT2D eigenvalue weighted by molar-refractivity contribution is -0.113. The fourth-order valence-corrected chi connectivity index (χ4v) is 3.64. The summed E-state index contributed by atoms with van der Waals surface area (Å²) < 4.78 is 7.16. The highest BCUT2D eigenvalue weighted by Gasteiger charge is 2.15. The van der Waals surface area contributed by atoms with E-state index in [0.29, 0.717) is 23.5 Å². The van der Waals surface area contributed by atoms with Crippen LogP contribution in [-0.4, -0.2) is 38.5 Å². The Bertz CT molecular complexity index is 969. The summed E-state index contributed by atoms with van der Waals surface area (Å²) in [7, 11) is 1.58. The monoisotopic (exact) mass is 411 g/mol. The van der Waals surface area contributed by atoms with E-state index in [1.54, 1.807) is 13.3 Å². The van der Waals surface area contributed by atoms with Crippen molar-refractivity contribution in [2.75, 3.05) is 18.2 Å². The van der Waals surface area contributed by atoms with Gasteiger partial charge in [-0.3, -0.25) is 4.79 Å². The van der Waals surface area contributed by atoms with Gasteiger partial charge in [-0.25, -0.2) is 4.98 Å². The zero-order valence-corrected chi connectivity index (χ0v) is 17.9. The van der Waals surface area contributed by atoms with Gasteiger partial charge in [0.25, 0.3) is 0 Å². The first-order valence-corrected chi connectivity index (χ1v) is 10.5. The minimum absolute atomic E-state index is 0.0786. The minimum Gasteiger partial charge on any atom is -0.481 e. The number of aromatic nitrogens is 4. The van der Waals surface area contributed by atoms with Crippen molar-refractivity contribution in [1.82, 2.24) is 19.7 Å². The highest BCUT2D eigenvalue weighted by molar-refractivity contribution is 7.99. The van der Waals surface area contributed by atoms with E-state index in [9.17, 15) is 4.79 Å². The van der Waals surface area contributed by atoms with Crippen LogP contribution in [0.1, 0.15) is 32.3 Å². The van der Waals surface area contributed by atoms with Crippen LogP contribution in [0.4, 0.5) is 5.69 Å². The molecule has 2 heterocycles. The number of nitrogens with one attached hydrogen (secondary N) is 1. The van der Waals surface area contributed by atoms with Crippen LogP contribution in [0, 0.1) is 0 Å². The average Bonchev–Trinajstić information content (AvgIpc) is 3.15. The molecule has 2 aromatic heterocycles. The zero-order valence-electron chi connectivity index (χ0n) is 17.0. The van der Waals surface area contributed by atoms with Crippen molar-refractivity contribution in [3.05, 3.63) is 48.2 Å². The first kappa shape index (κ1) is 20.9. The summed E-state index contributed by atoms with van der Waals surface area (Å²) in [6.45, 7) is 6.99. The molecule has 8 heteroatoms. The van der Waals surface area contributed by atoms with Gasteiger partial charge in [0.05, 0.1) is 12.9 Å². The molecule has 0 bridgehead atoms. The van der Waals surface area contributed by atoms with Crippen LogP contribution < -0.4 is 10.1 Å². The van der Waals surface area contributed by atoms with Gasteiger partial charge in [0.15, 0.2) is 11.0 Å². The first-order valence-electron chi connectivity index (χ1n) is 9.48. The number of methoxy groups -OCH3 is 1. The van der Waals surface area contributed by atoms with Crippen molar-refractivity contribution >= 4 is 23.4 Å². The van der Waals surface area contributed by atoms with E-state index in [1.807, 2.05) is 47.9 Å². The molecule has 0 spiro atoms. The molecule has 1 aromatic carbocycles. The largest absolute Gasteiger partial charge is 0.481 e. The van der Waals surface area contributed by atoms with Crippen LogP contribution in [0.25, 0.3) is 11.4 Å². The van der Waals surface area contributed by atoms with E-state index in [-0.39, 0.29) is 11.7 Å². The van der Waals surface area contributed by atoms with E-state index >= 15 is 0 Å². The number of ether oxygens (including phenoxy) is 1. The van der Waals surface area contributed by atoms with Crippen molar-refractivity contribution in [3.8, 4) is 17.3 Å². The quantitative estimate of drug-likeness (QED) is 0.559. The molecule has 3 rings (SSSR count). The summed E-state index contributed by atoms with van der Waals surface area (Å²) in [4.78, 5) is 16.5. The van der Waals surface area contributed by atoms with Gasteiger partial charge in [-0.2, -0.15) is 0 Å². The molecule has 0 fully saturated rings.